The van der Waals surface area contributed by atoms with Crippen molar-refractivity contribution in [2.75, 3.05) is 27.1 Å². The highest BCUT2D eigenvalue weighted by molar-refractivity contribution is 4.93. The van der Waals surface area contributed by atoms with Crippen molar-refractivity contribution in [1.29, 1.82) is 0 Å². The van der Waals surface area contributed by atoms with E-state index in [9.17, 15) is 0 Å². The molecule has 0 unspecified atom stereocenters. The van der Waals surface area contributed by atoms with Crippen molar-refractivity contribution < 1.29 is 14.6 Å². The van der Waals surface area contributed by atoms with Crippen molar-refractivity contribution in [3.8, 4) is 0 Å². The molecule has 0 radical (unpaired) electrons. The van der Waals surface area contributed by atoms with E-state index in [2.05, 4.69) is 53.7 Å². The van der Waals surface area contributed by atoms with Gasteiger partial charge >= 0.3 is 0 Å². The Morgan fingerprint density at radius 1 is 0.840 bits per heavy atom. The molecular weight excluding hydrogens is 312 g/mol. The van der Waals surface area contributed by atoms with Crippen LogP contribution >= 0.6 is 0 Å². The number of hydrogen-bond acceptors (Lipinski definition) is 3. The van der Waals surface area contributed by atoms with Crippen LogP contribution in [0.15, 0.2) is 23.3 Å². The van der Waals surface area contributed by atoms with Crippen molar-refractivity contribution in [3.63, 3.8) is 0 Å². The van der Waals surface area contributed by atoms with Crippen molar-refractivity contribution in [3.05, 3.63) is 23.3 Å². The lowest BCUT2D eigenvalue weighted by Gasteiger charge is -2.09. The van der Waals surface area contributed by atoms with Gasteiger partial charge in [0, 0.05) is 20.3 Å². The minimum absolute atomic E-state index is 0.329. The molecule has 0 bridgehead atoms. The van der Waals surface area contributed by atoms with E-state index < -0.39 is 0 Å². The Hall–Kier alpha value is -0.640. The van der Waals surface area contributed by atoms with Gasteiger partial charge in [0.1, 0.15) is 6.79 Å². The molecule has 0 spiro atoms. The zero-order chi connectivity index (χ0) is 19.5. The van der Waals surface area contributed by atoms with Gasteiger partial charge in [0.2, 0.25) is 0 Å². The van der Waals surface area contributed by atoms with Crippen LogP contribution in [0.25, 0.3) is 0 Å². The number of hydrogen-bond donors (Lipinski definition) is 1. The smallest absolute Gasteiger partial charge is 0.146 e. The Labute approximate surface area is 157 Å². The van der Waals surface area contributed by atoms with Crippen molar-refractivity contribution in [1.82, 2.24) is 0 Å². The lowest BCUT2D eigenvalue weighted by Crippen LogP contribution is -2.03. The summed E-state index contributed by atoms with van der Waals surface area (Å²) in [6, 6.07) is 0. The zero-order valence-corrected chi connectivity index (χ0v) is 17.9. The van der Waals surface area contributed by atoms with Gasteiger partial charge in [-0.2, -0.15) is 0 Å². The van der Waals surface area contributed by atoms with Gasteiger partial charge in [0.05, 0.1) is 0 Å². The summed E-state index contributed by atoms with van der Waals surface area (Å²) >= 11 is 0. The normalized spacial score (nSPS) is 12.6. The lowest BCUT2D eigenvalue weighted by molar-refractivity contribution is -0.0341. The van der Waals surface area contributed by atoms with Crippen LogP contribution in [0.2, 0.25) is 0 Å². The Balaban J connectivity index is 0. The summed E-state index contributed by atoms with van der Waals surface area (Å²) in [6.07, 6.45) is 11.4. The number of aliphatic hydroxyl groups is 1. The van der Waals surface area contributed by atoms with Crippen molar-refractivity contribution in [2.45, 2.75) is 80.1 Å². The highest BCUT2D eigenvalue weighted by atomic mass is 16.7. The molecule has 0 aliphatic heterocycles. The van der Waals surface area contributed by atoms with E-state index in [4.69, 9.17) is 14.6 Å². The molecule has 0 saturated heterocycles. The maximum absolute atomic E-state index is 8.63. The molecule has 0 amide bonds. The van der Waals surface area contributed by atoms with Crippen LogP contribution in [0.4, 0.5) is 0 Å². The van der Waals surface area contributed by atoms with Gasteiger partial charge in [-0.25, -0.2) is 0 Å². The molecule has 0 aromatic heterocycles. The summed E-state index contributed by atoms with van der Waals surface area (Å²) in [7, 11) is 1.65. The van der Waals surface area contributed by atoms with E-state index in [1.807, 2.05) is 0 Å². The minimum Gasteiger partial charge on any atom is -0.396 e. The lowest BCUT2D eigenvalue weighted by atomic mass is 10.0. The first-order chi connectivity index (χ1) is 11.8. The van der Waals surface area contributed by atoms with Crippen LogP contribution in [0, 0.1) is 11.8 Å². The maximum atomic E-state index is 8.63. The molecule has 3 nitrogen and oxygen atoms in total. The molecule has 0 rings (SSSR count). The van der Waals surface area contributed by atoms with Crippen LogP contribution in [0.5, 0.6) is 0 Å². The number of allylic oxidation sites excluding steroid dienone is 4. The first-order valence-corrected chi connectivity index (χ1v) is 9.77. The van der Waals surface area contributed by atoms with E-state index in [1.165, 1.54) is 30.4 Å². The Morgan fingerprint density at radius 3 is 1.72 bits per heavy atom. The molecular formula is C22H44O3. The average Bonchev–Trinajstić information content (AvgIpc) is 2.52. The third-order valence-electron chi connectivity index (χ3n) is 4.00. The van der Waals surface area contributed by atoms with E-state index >= 15 is 0 Å². The fraction of sp³-hybridized carbons (Fsp3) is 0.818. The fourth-order valence-corrected chi connectivity index (χ4v) is 2.25. The molecule has 25 heavy (non-hydrogen) atoms. The summed E-state index contributed by atoms with van der Waals surface area (Å²) < 4.78 is 10.0. The second kappa shape index (κ2) is 19.7. The van der Waals surface area contributed by atoms with Crippen LogP contribution < -0.4 is 0 Å². The predicted molar refractivity (Wildman–Crippen MR) is 110 cm³/mol. The standard InChI is InChI=1S/C12H24O2.C10H20O/c1-11(2)6-5-7-12(3)8-9-14-10-13-4;1-9(2)5-4-6-10(3)7-8-11/h6,12H,5,7-10H2,1-4H3;5,10-11H,4,6-8H2,1-3H3/t12-;10-/m00/s1. The molecule has 0 fully saturated rings. The second-order valence-electron chi connectivity index (χ2n) is 7.54. The summed E-state index contributed by atoms with van der Waals surface area (Å²) in [6.45, 7) is 14.6. The topological polar surface area (TPSA) is 38.7 Å². The van der Waals surface area contributed by atoms with Crippen LogP contribution in [0.3, 0.4) is 0 Å². The van der Waals surface area contributed by atoms with Gasteiger partial charge in [0.15, 0.2) is 0 Å². The third-order valence-corrected chi connectivity index (χ3v) is 4.00. The fourth-order valence-electron chi connectivity index (χ4n) is 2.25. The van der Waals surface area contributed by atoms with Gasteiger partial charge in [0.25, 0.3) is 0 Å². The molecule has 3 heteroatoms. The van der Waals surface area contributed by atoms with Crippen molar-refractivity contribution >= 4 is 0 Å². The van der Waals surface area contributed by atoms with Crippen LogP contribution in [-0.2, 0) is 9.47 Å². The molecule has 0 aliphatic rings. The average molecular weight is 357 g/mol. The monoisotopic (exact) mass is 356 g/mol. The number of ether oxygens (including phenoxy) is 2. The quantitative estimate of drug-likeness (QED) is 0.245. The van der Waals surface area contributed by atoms with Gasteiger partial charge in [-0.1, -0.05) is 37.1 Å². The highest BCUT2D eigenvalue weighted by Gasteiger charge is 2.00. The van der Waals surface area contributed by atoms with Gasteiger partial charge in [-0.05, 0) is 78.1 Å². The first kappa shape index (κ1) is 26.6. The predicted octanol–water partition coefficient (Wildman–Crippen LogP) is 6.13. The molecule has 150 valence electrons. The van der Waals surface area contributed by atoms with E-state index in [0.29, 0.717) is 19.3 Å². The largest absolute Gasteiger partial charge is 0.396 e. The van der Waals surface area contributed by atoms with Gasteiger partial charge in [-0.15, -0.1) is 0 Å². The zero-order valence-electron chi connectivity index (χ0n) is 17.9. The maximum Gasteiger partial charge on any atom is 0.146 e. The van der Waals surface area contributed by atoms with Crippen LogP contribution in [-0.4, -0.2) is 32.2 Å². The summed E-state index contributed by atoms with van der Waals surface area (Å²) in [5.74, 6) is 1.40. The van der Waals surface area contributed by atoms with E-state index in [-0.39, 0.29) is 0 Å². The second-order valence-corrected chi connectivity index (χ2v) is 7.54. The summed E-state index contributed by atoms with van der Waals surface area (Å²) in [5, 5.41) is 8.63. The number of methoxy groups -OCH3 is 1. The minimum atomic E-state index is 0.329. The van der Waals surface area contributed by atoms with Crippen LogP contribution in [0.1, 0.15) is 80.1 Å². The first-order valence-electron chi connectivity index (χ1n) is 9.77. The van der Waals surface area contributed by atoms with Gasteiger partial charge < -0.3 is 14.6 Å². The SMILES string of the molecule is CC(C)=CCC[C@H](C)CCO.COCOCC[C@@H](C)CCC=C(C)C. The molecule has 0 aromatic carbocycles. The molecule has 1 N–H and O–H groups in total. The van der Waals surface area contributed by atoms with E-state index in [1.54, 1.807) is 7.11 Å². The third kappa shape index (κ3) is 25.7. The molecule has 0 aliphatic carbocycles. The Morgan fingerprint density at radius 2 is 1.32 bits per heavy atom. The van der Waals surface area contributed by atoms with E-state index in [0.717, 1.165) is 31.8 Å². The molecule has 0 aromatic rings. The van der Waals surface area contributed by atoms with Gasteiger partial charge in [-0.3, -0.25) is 0 Å². The molecule has 0 heterocycles. The highest BCUT2D eigenvalue weighted by Crippen LogP contribution is 2.12. The van der Waals surface area contributed by atoms with Crippen molar-refractivity contribution in [2.24, 2.45) is 11.8 Å². The molecule has 2 atom stereocenters. The number of rotatable bonds is 13. The Bertz CT molecular complexity index is 326. The summed E-state index contributed by atoms with van der Waals surface area (Å²) in [4.78, 5) is 0. The molecule has 0 saturated carbocycles. The Kier molecular flexibility index (Phi) is 20.9. The number of aliphatic hydroxyl groups excluding tert-OH is 1. The summed E-state index contributed by atoms with van der Waals surface area (Å²) in [5.41, 5.74) is 2.80.